The third-order valence-corrected chi connectivity index (χ3v) is 1.89. The molecule has 0 fully saturated rings. The van der Waals surface area contributed by atoms with Crippen molar-refractivity contribution >= 4 is 23.5 Å². The normalized spacial score (nSPS) is 12.6. The highest BCUT2D eigenvalue weighted by Gasteiger charge is 1.99. The second-order valence-electron chi connectivity index (χ2n) is 2.95. The van der Waals surface area contributed by atoms with Gasteiger partial charge in [0.05, 0.1) is 0 Å². The second-order valence-corrected chi connectivity index (χ2v) is 3.39. The summed E-state index contributed by atoms with van der Waals surface area (Å²) in [7, 11) is 0. The van der Waals surface area contributed by atoms with E-state index in [-0.39, 0.29) is 11.0 Å². The minimum Gasteiger partial charge on any atom is -0.375 e. The van der Waals surface area contributed by atoms with Crippen molar-refractivity contribution < 1.29 is 0 Å². The standard InChI is InChI=1S/C10H13N3S/c1-8(7-12-13-10(11)14)9-5-3-2-4-6-9/h2-8H,1H3,(H3,11,13,14)/t8-/m1/s1. The van der Waals surface area contributed by atoms with E-state index in [4.69, 9.17) is 5.73 Å². The predicted octanol–water partition coefficient (Wildman–Crippen LogP) is 1.61. The van der Waals surface area contributed by atoms with Gasteiger partial charge >= 0.3 is 0 Å². The van der Waals surface area contributed by atoms with Crippen molar-refractivity contribution in [1.82, 2.24) is 5.43 Å². The highest BCUT2D eigenvalue weighted by atomic mass is 32.1. The van der Waals surface area contributed by atoms with Crippen molar-refractivity contribution in [3.63, 3.8) is 0 Å². The summed E-state index contributed by atoms with van der Waals surface area (Å²) < 4.78 is 0. The fraction of sp³-hybridized carbons (Fsp3) is 0.200. The smallest absolute Gasteiger partial charge is 0.184 e. The van der Waals surface area contributed by atoms with Crippen LogP contribution in [0.15, 0.2) is 35.4 Å². The molecule has 0 spiro atoms. The van der Waals surface area contributed by atoms with Crippen molar-refractivity contribution in [2.75, 3.05) is 0 Å². The van der Waals surface area contributed by atoms with E-state index < -0.39 is 0 Å². The number of hydrazone groups is 1. The molecule has 0 saturated heterocycles. The van der Waals surface area contributed by atoms with E-state index in [2.05, 4.69) is 41.8 Å². The summed E-state index contributed by atoms with van der Waals surface area (Å²) in [6, 6.07) is 10.1. The summed E-state index contributed by atoms with van der Waals surface area (Å²) in [5.74, 6) is 0.248. The summed E-state index contributed by atoms with van der Waals surface area (Å²) in [4.78, 5) is 0. The lowest BCUT2D eigenvalue weighted by Gasteiger charge is -2.04. The molecule has 1 rings (SSSR count). The van der Waals surface area contributed by atoms with Crippen LogP contribution in [0.4, 0.5) is 0 Å². The molecule has 4 heteroatoms. The van der Waals surface area contributed by atoms with Gasteiger partial charge in [0.2, 0.25) is 0 Å². The van der Waals surface area contributed by atoms with Gasteiger partial charge in [0.25, 0.3) is 0 Å². The van der Waals surface area contributed by atoms with Crippen molar-refractivity contribution in [1.29, 1.82) is 0 Å². The lowest BCUT2D eigenvalue weighted by atomic mass is 10.0. The molecule has 3 nitrogen and oxygen atoms in total. The molecular formula is C10H13N3S. The molecule has 74 valence electrons. The van der Waals surface area contributed by atoms with Gasteiger partial charge in [-0.25, -0.2) is 0 Å². The molecule has 3 N–H and O–H groups in total. The number of rotatable bonds is 3. The fourth-order valence-electron chi connectivity index (χ4n) is 1.06. The Bertz CT molecular complexity index is 321. The topological polar surface area (TPSA) is 50.4 Å². The van der Waals surface area contributed by atoms with Gasteiger partial charge in [0.15, 0.2) is 5.11 Å². The minimum atomic E-state index is 0.182. The average molecular weight is 207 g/mol. The molecule has 14 heavy (non-hydrogen) atoms. The first-order valence-corrected chi connectivity index (χ1v) is 4.74. The molecule has 0 bridgehead atoms. The zero-order valence-electron chi connectivity index (χ0n) is 7.97. The molecule has 0 aliphatic rings. The lowest BCUT2D eigenvalue weighted by Crippen LogP contribution is -2.24. The van der Waals surface area contributed by atoms with Crippen LogP contribution in [-0.2, 0) is 0 Å². The van der Waals surface area contributed by atoms with Gasteiger partial charge in [0, 0.05) is 12.1 Å². The zero-order chi connectivity index (χ0) is 10.4. The van der Waals surface area contributed by atoms with E-state index in [9.17, 15) is 0 Å². The number of nitrogens with zero attached hydrogens (tertiary/aromatic N) is 1. The summed E-state index contributed by atoms with van der Waals surface area (Å²) >= 11 is 4.62. The van der Waals surface area contributed by atoms with E-state index >= 15 is 0 Å². The van der Waals surface area contributed by atoms with E-state index in [1.807, 2.05) is 18.2 Å². The van der Waals surface area contributed by atoms with Gasteiger partial charge in [-0.15, -0.1) is 0 Å². The molecule has 1 aromatic carbocycles. The number of thiocarbonyl (C=S) groups is 1. The van der Waals surface area contributed by atoms with Gasteiger partial charge in [-0.05, 0) is 17.8 Å². The number of nitrogens with two attached hydrogens (primary N) is 1. The van der Waals surface area contributed by atoms with Crippen LogP contribution in [0.25, 0.3) is 0 Å². The molecule has 0 saturated carbocycles. The van der Waals surface area contributed by atoms with Crippen LogP contribution in [-0.4, -0.2) is 11.3 Å². The Kier molecular flexibility index (Phi) is 4.07. The number of hydrogen-bond acceptors (Lipinski definition) is 2. The maximum atomic E-state index is 5.22. The molecule has 0 aromatic heterocycles. The third kappa shape index (κ3) is 3.53. The monoisotopic (exact) mass is 207 g/mol. The minimum absolute atomic E-state index is 0.182. The molecule has 0 aliphatic carbocycles. The van der Waals surface area contributed by atoms with Crippen molar-refractivity contribution in [3.8, 4) is 0 Å². The van der Waals surface area contributed by atoms with E-state index in [1.54, 1.807) is 6.21 Å². The van der Waals surface area contributed by atoms with Crippen molar-refractivity contribution in [2.45, 2.75) is 12.8 Å². The average Bonchev–Trinajstić information content (AvgIpc) is 2.18. The number of nitrogens with one attached hydrogen (secondary N) is 1. The summed E-state index contributed by atoms with van der Waals surface area (Å²) in [5, 5.41) is 4.09. The number of hydrogen-bond donors (Lipinski definition) is 2. The first-order valence-electron chi connectivity index (χ1n) is 4.33. The highest BCUT2D eigenvalue weighted by Crippen LogP contribution is 2.11. The van der Waals surface area contributed by atoms with E-state index in [1.165, 1.54) is 5.56 Å². The highest BCUT2D eigenvalue weighted by molar-refractivity contribution is 7.80. The van der Waals surface area contributed by atoms with Gasteiger partial charge in [-0.3, -0.25) is 5.43 Å². The summed E-state index contributed by atoms with van der Waals surface area (Å²) in [5.41, 5.74) is 8.96. The van der Waals surface area contributed by atoms with Crippen molar-refractivity contribution in [3.05, 3.63) is 35.9 Å². The SMILES string of the molecule is C[C@H](C=NNC(N)=S)c1ccccc1. The Labute approximate surface area is 89.0 Å². The quantitative estimate of drug-likeness (QED) is 0.450. The molecule has 0 aliphatic heterocycles. The zero-order valence-corrected chi connectivity index (χ0v) is 8.79. The Morgan fingerprint density at radius 1 is 1.50 bits per heavy atom. The van der Waals surface area contributed by atoms with Crippen LogP contribution in [0.1, 0.15) is 18.4 Å². The van der Waals surface area contributed by atoms with E-state index in [0.29, 0.717) is 0 Å². The van der Waals surface area contributed by atoms with Crippen LogP contribution in [0.2, 0.25) is 0 Å². The maximum Gasteiger partial charge on any atom is 0.184 e. The summed E-state index contributed by atoms with van der Waals surface area (Å²) in [6.07, 6.45) is 1.77. The van der Waals surface area contributed by atoms with E-state index in [0.717, 1.165) is 0 Å². The molecule has 0 radical (unpaired) electrons. The van der Waals surface area contributed by atoms with Gasteiger partial charge in [-0.1, -0.05) is 37.3 Å². The van der Waals surface area contributed by atoms with Gasteiger partial charge in [-0.2, -0.15) is 5.10 Å². The Morgan fingerprint density at radius 3 is 2.71 bits per heavy atom. The molecule has 1 aromatic rings. The molecule has 0 heterocycles. The van der Waals surface area contributed by atoms with Crippen LogP contribution in [0.3, 0.4) is 0 Å². The van der Waals surface area contributed by atoms with Crippen LogP contribution in [0.5, 0.6) is 0 Å². The Morgan fingerprint density at radius 2 is 2.14 bits per heavy atom. The number of benzene rings is 1. The molecular weight excluding hydrogens is 194 g/mol. The first-order chi connectivity index (χ1) is 6.70. The maximum absolute atomic E-state index is 5.22. The fourth-order valence-corrected chi connectivity index (χ4v) is 1.11. The van der Waals surface area contributed by atoms with Gasteiger partial charge in [0.1, 0.15) is 0 Å². The summed E-state index contributed by atoms with van der Waals surface area (Å²) in [6.45, 7) is 2.06. The Balaban J connectivity index is 2.54. The van der Waals surface area contributed by atoms with Crippen LogP contribution >= 0.6 is 12.2 Å². The van der Waals surface area contributed by atoms with Gasteiger partial charge < -0.3 is 5.73 Å². The molecule has 0 amide bonds. The third-order valence-electron chi connectivity index (χ3n) is 1.80. The Hall–Kier alpha value is -1.42. The predicted molar refractivity (Wildman–Crippen MR) is 63.3 cm³/mol. The van der Waals surface area contributed by atoms with Crippen LogP contribution in [0, 0.1) is 0 Å². The first kappa shape index (κ1) is 10.7. The largest absolute Gasteiger partial charge is 0.375 e. The second kappa shape index (κ2) is 5.34. The lowest BCUT2D eigenvalue weighted by molar-refractivity contribution is 0.979. The van der Waals surface area contributed by atoms with Crippen LogP contribution < -0.4 is 11.2 Å². The van der Waals surface area contributed by atoms with Crippen molar-refractivity contribution in [2.24, 2.45) is 10.8 Å². The molecule has 0 unspecified atom stereocenters. The molecule has 1 atom stereocenters.